The molecule has 6 heteroatoms. The number of hydrogen-bond acceptors (Lipinski definition) is 4. The highest BCUT2D eigenvalue weighted by Crippen LogP contribution is 2.38. The average molecular weight is 327 g/mol. The molecule has 0 saturated heterocycles. The Morgan fingerprint density at radius 1 is 1.09 bits per heavy atom. The Hall–Kier alpha value is -1.48. The van der Waals surface area contributed by atoms with Crippen LogP contribution in [0.3, 0.4) is 0 Å². The lowest BCUT2D eigenvalue weighted by Gasteiger charge is -2.41. The van der Waals surface area contributed by atoms with Crippen molar-refractivity contribution >= 4 is 20.1 Å². The van der Waals surface area contributed by atoms with Gasteiger partial charge >= 0.3 is 12.1 Å². The molecular weight excluding hydrogens is 298 g/mol. The monoisotopic (exact) mass is 327 g/mol. The first-order valence-electron chi connectivity index (χ1n) is 7.29. The van der Waals surface area contributed by atoms with Crippen LogP contribution in [0.15, 0.2) is 0 Å². The van der Waals surface area contributed by atoms with Crippen LogP contribution in [-0.2, 0) is 14.3 Å². The Labute approximate surface area is 135 Å². The Balaban J connectivity index is 5.40. The molecule has 0 aliphatic carbocycles. The molecule has 1 atom stereocenters. The largest absolute Gasteiger partial charge is 0.459 e. The lowest BCUT2D eigenvalue weighted by atomic mass is 10.2. The maximum absolute atomic E-state index is 12.1. The van der Waals surface area contributed by atoms with Gasteiger partial charge in [0.1, 0.15) is 5.60 Å². The van der Waals surface area contributed by atoms with Gasteiger partial charge < -0.3 is 14.8 Å². The van der Waals surface area contributed by atoms with Crippen LogP contribution in [0.25, 0.3) is 0 Å². The average Bonchev–Trinajstić information content (AvgIpc) is 2.29. The van der Waals surface area contributed by atoms with E-state index < -0.39 is 31.4 Å². The van der Waals surface area contributed by atoms with Crippen molar-refractivity contribution in [1.29, 1.82) is 0 Å². The molecule has 1 amide bonds. The van der Waals surface area contributed by atoms with Gasteiger partial charge in [0.05, 0.1) is 20.8 Å². The van der Waals surface area contributed by atoms with Gasteiger partial charge in [-0.2, -0.15) is 0 Å². The number of hydrogen-bond donors (Lipinski definition) is 1. The van der Waals surface area contributed by atoms with Gasteiger partial charge in [0.15, 0.2) is 0 Å². The van der Waals surface area contributed by atoms with Gasteiger partial charge in [-0.1, -0.05) is 39.8 Å². The minimum Gasteiger partial charge on any atom is -0.459 e. The summed E-state index contributed by atoms with van der Waals surface area (Å²) in [7, 11) is -0.768. The lowest BCUT2D eigenvalue weighted by molar-refractivity contribution is -0.133. The van der Waals surface area contributed by atoms with Crippen LogP contribution in [0.4, 0.5) is 4.79 Å². The van der Waals surface area contributed by atoms with Gasteiger partial charge in [-0.05, 0) is 25.8 Å². The van der Waals surface area contributed by atoms with E-state index in [1.807, 2.05) is 0 Å². The van der Waals surface area contributed by atoms with Crippen molar-refractivity contribution in [1.82, 2.24) is 5.32 Å². The molecule has 0 fully saturated rings. The summed E-state index contributed by atoms with van der Waals surface area (Å²) in [5.41, 5.74) is -1.00. The first-order valence-corrected chi connectivity index (χ1v) is 10.4. The molecule has 0 heterocycles. The van der Waals surface area contributed by atoms with Crippen LogP contribution < -0.4 is 5.32 Å². The molecule has 0 aliphatic rings. The van der Waals surface area contributed by atoms with Crippen molar-refractivity contribution in [2.75, 3.05) is 7.11 Å². The summed E-state index contributed by atoms with van der Waals surface area (Å²) in [6, 6.07) is 0. The normalized spacial score (nSPS) is 13.5. The van der Waals surface area contributed by atoms with Crippen molar-refractivity contribution in [3.63, 3.8) is 0 Å². The Bertz CT molecular complexity index is 475. The molecular formula is C16H29NO4Si. The maximum atomic E-state index is 12.1. The van der Waals surface area contributed by atoms with Gasteiger partial charge in [0.2, 0.25) is 0 Å². The maximum Gasteiger partial charge on any atom is 0.408 e. The second-order valence-electron chi connectivity index (χ2n) is 7.81. The fraction of sp³-hybridized carbons (Fsp3) is 0.750. The van der Waals surface area contributed by atoms with Crippen molar-refractivity contribution in [3.8, 4) is 11.8 Å². The minimum absolute atomic E-state index is 0.0164. The van der Waals surface area contributed by atoms with Crippen LogP contribution in [0.1, 0.15) is 41.5 Å². The van der Waals surface area contributed by atoms with Crippen molar-refractivity contribution in [3.05, 3.63) is 0 Å². The van der Waals surface area contributed by atoms with E-state index >= 15 is 0 Å². The standard InChI is InChI=1S/C16H29NO4Si/c1-15(2,3)21-14(19)17-12(10-11-13(18)20-7)22(8,9)16(4,5)6/h12H,1-9H3,(H,17,19)/t12-/m0/s1. The molecule has 0 aromatic heterocycles. The molecule has 0 aliphatic heterocycles. The summed E-state index contributed by atoms with van der Waals surface area (Å²) in [5, 5.41) is 2.80. The first kappa shape index (κ1) is 20.5. The topological polar surface area (TPSA) is 64.6 Å². The Kier molecular flexibility index (Phi) is 6.70. The molecule has 0 unspecified atom stereocenters. The third kappa shape index (κ3) is 6.52. The minimum atomic E-state index is -2.05. The number of carbonyl (C=O) groups is 2. The molecule has 126 valence electrons. The van der Waals surface area contributed by atoms with Crippen LogP contribution >= 0.6 is 0 Å². The third-order valence-electron chi connectivity index (χ3n) is 3.82. The molecule has 0 spiro atoms. The summed E-state index contributed by atoms with van der Waals surface area (Å²) in [5.74, 6) is 4.68. The molecule has 1 N–H and O–H groups in total. The van der Waals surface area contributed by atoms with E-state index in [9.17, 15) is 9.59 Å². The van der Waals surface area contributed by atoms with Gasteiger partial charge in [-0.3, -0.25) is 0 Å². The summed E-state index contributed by atoms with van der Waals surface area (Å²) in [6.45, 7) is 16.0. The zero-order chi connectivity index (χ0) is 17.8. The zero-order valence-corrected chi connectivity index (χ0v) is 16.2. The van der Waals surface area contributed by atoms with E-state index in [0.717, 1.165) is 0 Å². The number of alkyl carbamates (subject to hydrolysis) is 1. The summed E-state index contributed by atoms with van der Waals surface area (Å²) in [6.07, 6.45) is -0.526. The zero-order valence-electron chi connectivity index (χ0n) is 15.2. The van der Waals surface area contributed by atoms with Gasteiger partial charge in [-0.25, -0.2) is 9.59 Å². The number of carbonyl (C=O) groups excluding carboxylic acids is 2. The fourth-order valence-corrected chi connectivity index (χ4v) is 3.22. The van der Waals surface area contributed by atoms with Crippen molar-refractivity contribution in [2.45, 2.75) is 70.9 Å². The third-order valence-corrected chi connectivity index (χ3v) is 9.42. The number of ether oxygens (including phenoxy) is 2. The first-order chi connectivity index (χ1) is 9.70. The molecule has 0 saturated carbocycles. The predicted molar refractivity (Wildman–Crippen MR) is 90.1 cm³/mol. The Morgan fingerprint density at radius 2 is 1.59 bits per heavy atom. The van der Waals surface area contributed by atoms with Gasteiger partial charge in [0.25, 0.3) is 0 Å². The van der Waals surface area contributed by atoms with Gasteiger partial charge in [-0.15, -0.1) is 0 Å². The molecule has 0 bridgehead atoms. The quantitative estimate of drug-likeness (QED) is 0.366. The molecule has 0 rings (SSSR count). The number of methoxy groups -OCH3 is 1. The second kappa shape index (κ2) is 7.19. The van der Waals surface area contributed by atoms with Crippen LogP contribution in [0.5, 0.6) is 0 Å². The van der Waals surface area contributed by atoms with E-state index in [2.05, 4.69) is 55.8 Å². The second-order valence-corrected chi connectivity index (χ2v) is 13.3. The van der Waals surface area contributed by atoms with E-state index in [-0.39, 0.29) is 5.04 Å². The van der Waals surface area contributed by atoms with E-state index in [4.69, 9.17) is 4.74 Å². The number of rotatable bonds is 2. The van der Waals surface area contributed by atoms with Crippen molar-refractivity contribution in [2.24, 2.45) is 0 Å². The fourth-order valence-electron chi connectivity index (χ4n) is 1.44. The molecule has 5 nitrogen and oxygen atoms in total. The van der Waals surface area contributed by atoms with E-state index in [1.165, 1.54) is 7.11 Å². The highest BCUT2D eigenvalue weighted by atomic mass is 28.3. The number of amides is 1. The highest BCUT2D eigenvalue weighted by Gasteiger charge is 2.43. The molecule has 0 aromatic rings. The lowest BCUT2D eigenvalue weighted by Crippen LogP contribution is -2.57. The Morgan fingerprint density at radius 3 is 1.95 bits per heavy atom. The smallest absolute Gasteiger partial charge is 0.408 e. The molecule has 0 aromatic carbocycles. The summed E-state index contributed by atoms with van der Waals surface area (Å²) in [4.78, 5) is 23.3. The van der Waals surface area contributed by atoms with Crippen LogP contribution in [-0.4, -0.2) is 38.5 Å². The van der Waals surface area contributed by atoms with Crippen LogP contribution in [0, 0.1) is 11.8 Å². The number of nitrogens with one attached hydrogen (secondary N) is 1. The highest BCUT2D eigenvalue weighted by molar-refractivity contribution is 6.82. The molecule has 0 radical (unpaired) electrons. The van der Waals surface area contributed by atoms with E-state index in [1.54, 1.807) is 20.8 Å². The van der Waals surface area contributed by atoms with Gasteiger partial charge in [0, 0.05) is 5.92 Å². The SMILES string of the molecule is COC(=O)C#C[C@@H](NC(=O)OC(C)(C)C)[Si](C)(C)C(C)(C)C. The summed E-state index contributed by atoms with van der Waals surface area (Å²) >= 11 is 0. The van der Waals surface area contributed by atoms with E-state index in [0.29, 0.717) is 0 Å². The van der Waals surface area contributed by atoms with Crippen LogP contribution in [0.2, 0.25) is 18.1 Å². The predicted octanol–water partition coefficient (Wildman–Crippen LogP) is 3.10. The number of esters is 1. The summed E-state index contributed by atoms with van der Waals surface area (Å²) < 4.78 is 9.84. The van der Waals surface area contributed by atoms with Crippen molar-refractivity contribution < 1.29 is 19.1 Å². The molecule has 22 heavy (non-hydrogen) atoms.